The number of halogens is 3. The van der Waals surface area contributed by atoms with Crippen LogP contribution in [0.2, 0.25) is 0 Å². The van der Waals surface area contributed by atoms with Crippen LogP contribution in [0, 0.1) is 22.1 Å². The second-order valence-corrected chi connectivity index (χ2v) is 9.74. The highest BCUT2D eigenvalue weighted by Crippen LogP contribution is 2.37. The van der Waals surface area contributed by atoms with E-state index in [9.17, 15) is 13.9 Å². The number of aryl methyl sites for hydroxylation is 1. The van der Waals surface area contributed by atoms with E-state index in [1.807, 2.05) is 30.3 Å². The van der Waals surface area contributed by atoms with Gasteiger partial charge in [0.05, 0.1) is 11.3 Å². The van der Waals surface area contributed by atoms with Gasteiger partial charge in [0, 0.05) is 44.9 Å². The van der Waals surface area contributed by atoms with Crippen molar-refractivity contribution in [2.24, 2.45) is 0 Å². The molecule has 182 valence electrons. The summed E-state index contributed by atoms with van der Waals surface area (Å²) in [5.74, 6) is -0.540. The summed E-state index contributed by atoms with van der Waals surface area (Å²) >= 11 is 2.18. The molecule has 5 rings (SSSR count). The lowest BCUT2D eigenvalue weighted by Crippen LogP contribution is -2.27. The highest BCUT2D eigenvalue weighted by Gasteiger charge is 2.33. The number of hydrogen-bond donors (Lipinski definition) is 3. The van der Waals surface area contributed by atoms with Gasteiger partial charge in [0.25, 0.3) is 0 Å². The minimum Gasteiger partial charge on any atom is -0.454 e. The number of nitrogens with one attached hydrogen (secondary N) is 2. The van der Waals surface area contributed by atoms with Crippen molar-refractivity contribution in [2.45, 2.75) is 18.9 Å². The predicted octanol–water partition coefficient (Wildman–Crippen LogP) is 7.35. The summed E-state index contributed by atoms with van der Waals surface area (Å²) in [6.07, 6.45) is 5.11. The van der Waals surface area contributed by atoms with Crippen LogP contribution in [0.1, 0.15) is 23.2 Å². The topological polar surface area (TPSA) is 73.9 Å². The van der Waals surface area contributed by atoms with Gasteiger partial charge in [-0.2, -0.15) is 0 Å². The molecule has 0 aliphatic rings. The molecule has 2 aromatic heterocycles. The van der Waals surface area contributed by atoms with Crippen LogP contribution in [-0.4, -0.2) is 20.1 Å². The molecule has 0 saturated heterocycles. The van der Waals surface area contributed by atoms with Crippen molar-refractivity contribution in [3.8, 4) is 22.9 Å². The van der Waals surface area contributed by atoms with Crippen LogP contribution in [0.25, 0.3) is 22.3 Å². The molecule has 0 fully saturated rings. The van der Waals surface area contributed by atoms with Crippen molar-refractivity contribution in [1.82, 2.24) is 15.0 Å². The third-order valence-electron chi connectivity index (χ3n) is 6.17. The van der Waals surface area contributed by atoms with Gasteiger partial charge in [-0.1, -0.05) is 18.2 Å². The zero-order chi connectivity index (χ0) is 25.4. The summed E-state index contributed by atoms with van der Waals surface area (Å²) in [6.45, 7) is 5.54. The van der Waals surface area contributed by atoms with Gasteiger partial charge in [-0.3, -0.25) is 0 Å². The highest BCUT2D eigenvalue weighted by molar-refractivity contribution is 14.1. The molecule has 0 aliphatic carbocycles. The number of H-pyrrole nitrogens is 2. The molecule has 5 aromatic rings. The van der Waals surface area contributed by atoms with Crippen LogP contribution in [0.3, 0.4) is 0 Å². The summed E-state index contributed by atoms with van der Waals surface area (Å²) in [6, 6.07) is 14.8. The van der Waals surface area contributed by atoms with Crippen molar-refractivity contribution in [2.75, 3.05) is 0 Å². The number of fused-ring (bicyclic) bond motifs is 1. The fraction of sp³-hybridized carbons (Fsp3) is 0.107. The summed E-state index contributed by atoms with van der Waals surface area (Å²) in [7, 11) is 0. The Bertz CT molecular complexity index is 1590. The normalized spacial score (nSPS) is 13.0. The second kappa shape index (κ2) is 9.51. The lowest BCUT2D eigenvalue weighted by atomic mass is 9.88. The van der Waals surface area contributed by atoms with E-state index in [2.05, 4.69) is 44.1 Å². The monoisotopic (exact) mass is 597 g/mol. The average molecular weight is 597 g/mol. The van der Waals surface area contributed by atoms with Crippen LogP contribution >= 0.6 is 22.6 Å². The number of imidazole rings is 1. The quantitative estimate of drug-likeness (QED) is 0.136. The molecule has 5 nitrogen and oxygen atoms in total. The van der Waals surface area contributed by atoms with Crippen molar-refractivity contribution in [3.63, 3.8) is 0 Å². The maximum absolute atomic E-state index is 14.9. The number of hydrogen-bond acceptors (Lipinski definition) is 3. The first-order valence-corrected chi connectivity index (χ1v) is 12.3. The number of aliphatic hydroxyl groups is 1. The average Bonchev–Trinajstić information content (AvgIpc) is 3.53. The minimum absolute atomic E-state index is 0.0684. The van der Waals surface area contributed by atoms with Crippen LogP contribution in [-0.2, 0) is 5.60 Å². The third kappa shape index (κ3) is 4.31. The maximum Gasteiger partial charge on any atom is 0.168 e. The van der Waals surface area contributed by atoms with Crippen molar-refractivity contribution in [3.05, 3.63) is 112 Å². The highest BCUT2D eigenvalue weighted by atomic mass is 127. The first kappa shape index (κ1) is 24.2. The minimum atomic E-state index is -1.45. The van der Waals surface area contributed by atoms with E-state index in [-0.39, 0.29) is 29.3 Å². The van der Waals surface area contributed by atoms with E-state index in [4.69, 9.17) is 4.74 Å². The molecule has 0 spiro atoms. The van der Waals surface area contributed by atoms with Gasteiger partial charge < -0.3 is 19.8 Å². The van der Waals surface area contributed by atoms with E-state index in [0.29, 0.717) is 22.3 Å². The fourth-order valence-corrected chi connectivity index (χ4v) is 4.85. The number of aromatic nitrogens is 3. The molecule has 36 heavy (non-hydrogen) atoms. The van der Waals surface area contributed by atoms with Gasteiger partial charge in [-0.15, -0.1) is 6.58 Å². The lowest BCUT2D eigenvalue weighted by Gasteiger charge is -2.25. The fourth-order valence-electron chi connectivity index (χ4n) is 4.31. The molecular weight excluding hydrogens is 575 g/mol. The van der Waals surface area contributed by atoms with Gasteiger partial charge in [0.2, 0.25) is 0 Å². The zero-order valence-corrected chi connectivity index (χ0v) is 21.4. The summed E-state index contributed by atoms with van der Waals surface area (Å²) in [5, 5.41) is 12.4. The zero-order valence-electron chi connectivity index (χ0n) is 19.3. The largest absolute Gasteiger partial charge is 0.454 e. The number of ether oxygens (including phenoxy) is 1. The Hall–Kier alpha value is -3.50. The van der Waals surface area contributed by atoms with E-state index < -0.39 is 17.2 Å². The molecule has 3 N–H and O–H groups in total. The Morgan fingerprint density at radius 3 is 2.72 bits per heavy atom. The Morgan fingerprint density at radius 1 is 1.11 bits per heavy atom. The summed E-state index contributed by atoms with van der Waals surface area (Å²) in [5.41, 5.74) is 0.947. The van der Waals surface area contributed by atoms with Crippen molar-refractivity contribution < 1.29 is 18.6 Å². The van der Waals surface area contributed by atoms with Gasteiger partial charge in [0.15, 0.2) is 11.6 Å². The Morgan fingerprint density at radius 2 is 1.94 bits per heavy atom. The van der Waals surface area contributed by atoms with Gasteiger partial charge in [-0.05, 0) is 71.5 Å². The summed E-state index contributed by atoms with van der Waals surface area (Å²) in [4.78, 5) is 10.5. The SMILES string of the molecule is C=CCC(O)(c1cccc(I)c1)c1c[nH]c(-c2cc(Oc3c(F)cc4[nH]ccc4c3C)ccc2F)n1. The molecule has 0 radical (unpaired) electrons. The lowest BCUT2D eigenvalue weighted by molar-refractivity contribution is 0.0799. The molecule has 1 unspecified atom stereocenters. The van der Waals surface area contributed by atoms with E-state index in [1.165, 1.54) is 24.3 Å². The third-order valence-corrected chi connectivity index (χ3v) is 6.84. The Kier molecular flexibility index (Phi) is 6.40. The van der Waals surface area contributed by atoms with E-state index in [0.717, 1.165) is 8.96 Å². The molecule has 0 saturated carbocycles. The van der Waals surface area contributed by atoms with Crippen LogP contribution in [0.15, 0.2) is 79.6 Å². The Balaban J connectivity index is 1.52. The van der Waals surface area contributed by atoms with Gasteiger partial charge in [0.1, 0.15) is 23.0 Å². The van der Waals surface area contributed by atoms with Crippen LogP contribution < -0.4 is 4.74 Å². The standard InChI is InChI=1S/C28H22F2IN3O2/c1-3-10-28(35,17-5-4-6-18(31)12-17)25-15-33-27(34-25)21-13-19(7-8-22(21)29)36-26-16(2)20-9-11-32-24(20)14-23(26)30/h3-9,11-15,32,35H,1,10H2,2H3,(H,33,34). The predicted molar refractivity (Wildman–Crippen MR) is 144 cm³/mol. The van der Waals surface area contributed by atoms with E-state index >= 15 is 0 Å². The van der Waals surface area contributed by atoms with Crippen molar-refractivity contribution >= 4 is 33.5 Å². The van der Waals surface area contributed by atoms with Crippen LogP contribution in [0.4, 0.5) is 8.78 Å². The molecule has 2 heterocycles. The molecule has 8 heteroatoms. The first-order valence-electron chi connectivity index (χ1n) is 11.2. The first-order chi connectivity index (χ1) is 17.3. The summed E-state index contributed by atoms with van der Waals surface area (Å²) < 4.78 is 36.5. The Labute approximate surface area is 220 Å². The number of aromatic amines is 2. The number of nitrogens with zero attached hydrogens (tertiary/aromatic N) is 1. The molecule has 0 bridgehead atoms. The second-order valence-electron chi connectivity index (χ2n) is 8.49. The number of benzene rings is 3. The molecule has 1 atom stereocenters. The molecular formula is C28H22F2IN3O2. The van der Waals surface area contributed by atoms with Gasteiger partial charge >= 0.3 is 0 Å². The molecule has 0 aliphatic heterocycles. The van der Waals surface area contributed by atoms with Crippen molar-refractivity contribution in [1.29, 1.82) is 0 Å². The smallest absolute Gasteiger partial charge is 0.168 e. The molecule has 0 amide bonds. The molecule has 3 aromatic carbocycles. The maximum atomic E-state index is 14.9. The van der Waals surface area contributed by atoms with Gasteiger partial charge in [-0.25, -0.2) is 13.8 Å². The van der Waals surface area contributed by atoms with E-state index in [1.54, 1.807) is 25.4 Å². The van der Waals surface area contributed by atoms with Crippen LogP contribution in [0.5, 0.6) is 11.5 Å². The number of rotatable bonds is 7.